The third-order valence-corrected chi connectivity index (χ3v) is 3.04. The first-order valence-electron chi connectivity index (χ1n) is 5.24. The number of benzene rings is 1. The lowest BCUT2D eigenvalue weighted by molar-refractivity contribution is 0.0468. The van der Waals surface area contributed by atoms with Crippen LogP contribution in [0.5, 0.6) is 0 Å². The first-order chi connectivity index (χ1) is 8.45. The minimum absolute atomic E-state index is 0.117. The molecule has 7 heteroatoms. The van der Waals surface area contributed by atoms with Gasteiger partial charge in [0, 0.05) is 20.1 Å². The SMILES string of the molecule is COCCCOC(=O)c1cccc(S(N)(=O)=O)c1. The molecular formula is C11H15NO5S. The van der Waals surface area contributed by atoms with Gasteiger partial charge >= 0.3 is 5.97 Å². The highest BCUT2D eigenvalue weighted by Crippen LogP contribution is 2.10. The Morgan fingerprint density at radius 3 is 2.67 bits per heavy atom. The second kappa shape index (κ2) is 6.48. The van der Waals surface area contributed by atoms with E-state index < -0.39 is 16.0 Å². The molecule has 0 aliphatic carbocycles. The Kier molecular flexibility index (Phi) is 5.26. The predicted octanol–water partition coefficient (Wildman–Crippen LogP) is 0.527. The van der Waals surface area contributed by atoms with E-state index in [0.717, 1.165) is 0 Å². The lowest BCUT2D eigenvalue weighted by atomic mass is 10.2. The first kappa shape index (κ1) is 14.6. The Bertz CT molecular complexity index is 512. The summed E-state index contributed by atoms with van der Waals surface area (Å²) in [5, 5.41) is 4.97. The summed E-state index contributed by atoms with van der Waals surface area (Å²) in [7, 11) is -2.26. The molecule has 1 rings (SSSR count). The van der Waals surface area contributed by atoms with Gasteiger partial charge in [-0.05, 0) is 18.2 Å². The molecule has 0 aromatic heterocycles. The van der Waals surface area contributed by atoms with Gasteiger partial charge in [0.05, 0.1) is 17.1 Å². The number of sulfonamides is 1. The molecule has 100 valence electrons. The van der Waals surface area contributed by atoms with E-state index in [1.54, 1.807) is 7.11 Å². The molecule has 6 nitrogen and oxygen atoms in total. The van der Waals surface area contributed by atoms with Crippen LogP contribution in [0, 0.1) is 0 Å². The molecule has 0 saturated carbocycles. The Balaban J connectivity index is 2.69. The molecule has 1 aromatic carbocycles. The van der Waals surface area contributed by atoms with E-state index in [-0.39, 0.29) is 17.1 Å². The molecule has 0 heterocycles. The summed E-state index contributed by atoms with van der Waals surface area (Å²) in [4.78, 5) is 11.5. The maximum Gasteiger partial charge on any atom is 0.338 e. The zero-order chi connectivity index (χ0) is 13.6. The highest BCUT2D eigenvalue weighted by atomic mass is 32.2. The highest BCUT2D eigenvalue weighted by Gasteiger charge is 2.12. The van der Waals surface area contributed by atoms with Crippen LogP contribution in [0.1, 0.15) is 16.8 Å². The van der Waals surface area contributed by atoms with Gasteiger partial charge in [0.15, 0.2) is 0 Å². The number of nitrogens with two attached hydrogens (primary N) is 1. The van der Waals surface area contributed by atoms with E-state index in [9.17, 15) is 13.2 Å². The Labute approximate surface area is 106 Å². The van der Waals surface area contributed by atoms with Gasteiger partial charge in [0.1, 0.15) is 0 Å². The quantitative estimate of drug-likeness (QED) is 0.602. The summed E-state index contributed by atoms with van der Waals surface area (Å²) in [6, 6.07) is 5.41. The van der Waals surface area contributed by atoms with Crippen LogP contribution in [-0.4, -0.2) is 34.7 Å². The van der Waals surface area contributed by atoms with Gasteiger partial charge < -0.3 is 9.47 Å². The van der Waals surface area contributed by atoms with Gasteiger partial charge in [-0.2, -0.15) is 0 Å². The number of carbonyl (C=O) groups is 1. The summed E-state index contributed by atoms with van der Waals surface area (Å²) in [5.74, 6) is -0.586. The summed E-state index contributed by atoms with van der Waals surface area (Å²) in [6.45, 7) is 0.705. The number of hydrogen-bond acceptors (Lipinski definition) is 5. The summed E-state index contributed by atoms with van der Waals surface area (Å²) in [6.07, 6.45) is 0.580. The highest BCUT2D eigenvalue weighted by molar-refractivity contribution is 7.89. The average molecular weight is 273 g/mol. The smallest absolute Gasteiger partial charge is 0.338 e. The lowest BCUT2D eigenvalue weighted by Gasteiger charge is -2.05. The number of esters is 1. The second-order valence-corrected chi connectivity index (χ2v) is 5.12. The number of ether oxygens (including phenoxy) is 2. The summed E-state index contributed by atoms with van der Waals surface area (Å²) >= 11 is 0. The maximum absolute atomic E-state index is 11.6. The van der Waals surface area contributed by atoms with Crippen LogP contribution in [0.4, 0.5) is 0 Å². The Morgan fingerprint density at radius 1 is 1.33 bits per heavy atom. The predicted molar refractivity (Wildman–Crippen MR) is 64.6 cm³/mol. The molecule has 0 spiro atoms. The fourth-order valence-corrected chi connectivity index (χ4v) is 1.81. The van der Waals surface area contributed by atoms with Gasteiger partial charge in [-0.25, -0.2) is 18.4 Å². The third kappa shape index (κ3) is 4.44. The molecule has 0 saturated heterocycles. The Hall–Kier alpha value is -1.44. The van der Waals surface area contributed by atoms with Crippen molar-refractivity contribution in [3.8, 4) is 0 Å². The van der Waals surface area contributed by atoms with E-state index >= 15 is 0 Å². The molecule has 0 bridgehead atoms. The number of methoxy groups -OCH3 is 1. The van der Waals surface area contributed by atoms with Crippen molar-refractivity contribution in [3.63, 3.8) is 0 Å². The van der Waals surface area contributed by atoms with Crippen molar-refractivity contribution >= 4 is 16.0 Å². The lowest BCUT2D eigenvalue weighted by Crippen LogP contribution is -2.14. The first-order valence-corrected chi connectivity index (χ1v) is 6.78. The van der Waals surface area contributed by atoms with E-state index in [1.807, 2.05) is 0 Å². The van der Waals surface area contributed by atoms with Crippen molar-refractivity contribution in [2.45, 2.75) is 11.3 Å². The molecule has 18 heavy (non-hydrogen) atoms. The zero-order valence-corrected chi connectivity index (χ0v) is 10.8. The molecule has 0 amide bonds. The minimum Gasteiger partial charge on any atom is -0.462 e. The van der Waals surface area contributed by atoms with Gasteiger partial charge in [0.2, 0.25) is 10.0 Å². The van der Waals surface area contributed by atoms with Crippen molar-refractivity contribution in [2.75, 3.05) is 20.3 Å². The number of carbonyl (C=O) groups excluding carboxylic acids is 1. The fourth-order valence-electron chi connectivity index (χ4n) is 1.25. The summed E-state index contributed by atoms with van der Waals surface area (Å²) in [5.41, 5.74) is 0.152. The average Bonchev–Trinajstić information content (AvgIpc) is 2.33. The van der Waals surface area contributed by atoms with Crippen molar-refractivity contribution in [2.24, 2.45) is 5.14 Å². The number of primary sulfonamides is 1. The van der Waals surface area contributed by atoms with E-state index in [4.69, 9.17) is 14.6 Å². The topological polar surface area (TPSA) is 95.7 Å². The Morgan fingerprint density at radius 2 is 2.06 bits per heavy atom. The molecule has 0 atom stereocenters. The van der Waals surface area contributed by atoms with Crippen molar-refractivity contribution in [1.29, 1.82) is 0 Å². The van der Waals surface area contributed by atoms with Crippen molar-refractivity contribution in [3.05, 3.63) is 29.8 Å². The summed E-state index contributed by atoms with van der Waals surface area (Å²) < 4.78 is 32.0. The fraction of sp³-hybridized carbons (Fsp3) is 0.364. The second-order valence-electron chi connectivity index (χ2n) is 3.56. The molecule has 0 fully saturated rings. The van der Waals surface area contributed by atoms with Crippen LogP contribution < -0.4 is 5.14 Å². The van der Waals surface area contributed by atoms with Crippen LogP contribution >= 0.6 is 0 Å². The van der Waals surface area contributed by atoms with Crippen LogP contribution in [0.25, 0.3) is 0 Å². The van der Waals surface area contributed by atoms with Crippen LogP contribution in [0.15, 0.2) is 29.2 Å². The van der Waals surface area contributed by atoms with E-state index in [0.29, 0.717) is 13.0 Å². The van der Waals surface area contributed by atoms with Crippen LogP contribution in [0.2, 0.25) is 0 Å². The number of hydrogen-bond donors (Lipinski definition) is 1. The minimum atomic E-state index is -3.82. The van der Waals surface area contributed by atoms with Gasteiger partial charge in [-0.15, -0.1) is 0 Å². The number of rotatable bonds is 6. The van der Waals surface area contributed by atoms with Crippen LogP contribution in [-0.2, 0) is 19.5 Å². The normalized spacial score (nSPS) is 11.2. The van der Waals surface area contributed by atoms with Gasteiger partial charge in [-0.3, -0.25) is 0 Å². The van der Waals surface area contributed by atoms with Crippen molar-refractivity contribution < 1.29 is 22.7 Å². The van der Waals surface area contributed by atoms with Crippen molar-refractivity contribution in [1.82, 2.24) is 0 Å². The van der Waals surface area contributed by atoms with Gasteiger partial charge in [-0.1, -0.05) is 6.07 Å². The molecule has 0 radical (unpaired) electrons. The maximum atomic E-state index is 11.6. The molecule has 0 aliphatic rings. The largest absolute Gasteiger partial charge is 0.462 e. The molecule has 2 N–H and O–H groups in total. The molecule has 0 aliphatic heterocycles. The third-order valence-electron chi connectivity index (χ3n) is 2.12. The van der Waals surface area contributed by atoms with Gasteiger partial charge in [0.25, 0.3) is 0 Å². The standard InChI is InChI=1S/C11H15NO5S/c1-16-6-3-7-17-11(13)9-4-2-5-10(8-9)18(12,14)15/h2,4-5,8H,3,6-7H2,1H3,(H2,12,14,15). The molecule has 1 aromatic rings. The van der Waals surface area contributed by atoms with E-state index in [1.165, 1.54) is 24.3 Å². The molecule has 0 unspecified atom stereocenters. The van der Waals surface area contributed by atoms with E-state index in [2.05, 4.69) is 0 Å². The molecular weight excluding hydrogens is 258 g/mol. The van der Waals surface area contributed by atoms with Crippen LogP contribution in [0.3, 0.4) is 0 Å². The monoisotopic (exact) mass is 273 g/mol. The zero-order valence-electron chi connectivity index (χ0n) is 9.96.